The second-order valence-corrected chi connectivity index (χ2v) is 5.65. The van der Waals surface area contributed by atoms with Crippen molar-refractivity contribution < 1.29 is 23.5 Å². The Morgan fingerprint density at radius 3 is 2.81 bits per heavy atom. The van der Waals surface area contributed by atoms with Gasteiger partial charge in [-0.2, -0.15) is 0 Å². The molecule has 2 aromatic carbocycles. The molecular weight excluding hydrogens is 341 g/mol. The minimum Gasteiger partial charge on any atom is -0.441 e. The molecule has 3 rings (SSSR count). The van der Waals surface area contributed by atoms with E-state index in [2.05, 4.69) is 15.6 Å². The number of aromatic nitrogens is 1. The van der Waals surface area contributed by atoms with E-state index in [0.717, 1.165) is 6.07 Å². The van der Waals surface area contributed by atoms with Crippen molar-refractivity contribution in [1.82, 2.24) is 10.3 Å². The maximum absolute atomic E-state index is 13.1. The van der Waals surface area contributed by atoms with Crippen LogP contribution in [0, 0.1) is 12.7 Å². The molecule has 0 saturated heterocycles. The molecule has 0 bridgehead atoms. The van der Waals surface area contributed by atoms with Crippen molar-refractivity contribution in [1.29, 1.82) is 0 Å². The number of benzene rings is 2. The van der Waals surface area contributed by atoms with Crippen molar-refractivity contribution in [3.63, 3.8) is 0 Å². The number of nitrogens with one attached hydrogen (secondary N) is 2. The van der Waals surface area contributed by atoms with Gasteiger partial charge in [0.2, 0.25) is 0 Å². The zero-order valence-corrected chi connectivity index (χ0v) is 13.8. The van der Waals surface area contributed by atoms with Gasteiger partial charge in [0, 0.05) is 25.2 Å². The van der Waals surface area contributed by atoms with E-state index in [9.17, 15) is 19.1 Å². The van der Waals surface area contributed by atoms with Gasteiger partial charge in [-0.1, -0.05) is 12.1 Å². The van der Waals surface area contributed by atoms with Gasteiger partial charge in [0.1, 0.15) is 11.3 Å². The average Bonchev–Trinajstić information content (AvgIpc) is 2.98. The van der Waals surface area contributed by atoms with Crippen LogP contribution < -0.4 is 10.6 Å². The van der Waals surface area contributed by atoms with E-state index in [1.54, 1.807) is 25.1 Å². The van der Waals surface area contributed by atoms with E-state index in [1.165, 1.54) is 18.2 Å². The van der Waals surface area contributed by atoms with Gasteiger partial charge >= 0.3 is 11.8 Å². The van der Waals surface area contributed by atoms with Crippen molar-refractivity contribution in [3.05, 3.63) is 59.7 Å². The highest BCUT2D eigenvalue weighted by Crippen LogP contribution is 2.19. The molecule has 8 heteroatoms. The number of carbonyl (C=O) groups is 2. The second-order valence-electron chi connectivity index (χ2n) is 5.65. The van der Waals surface area contributed by atoms with Gasteiger partial charge in [0.05, 0.1) is 6.10 Å². The van der Waals surface area contributed by atoms with Crippen LogP contribution in [-0.4, -0.2) is 28.4 Å². The highest BCUT2D eigenvalue weighted by molar-refractivity contribution is 6.39. The zero-order chi connectivity index (χ0) is 18.7. The summed E-state index contributed by atoms with van der Waals surface area (Å²) in [6.07, 6.45) is -1.13. The fraction of sp³-hybridized carbons (Fsp3) is 0.167. The number of carbonyl (C=O) groups excluding carboxylic acids is 2. The second kappa shape index (κ2) is 7.32. The van der Waals surface area contributed by atoms with Crippen LogP contribution in [-0.2, 0) is 9.59 Å². The third kappa shape index (κ3) is 4.04. The molecule has 26 heavy (non-hydrogen) atoms. The predicted molar refractivity (Wildman–Crippen MR) is 91.7 cm³/mol. The van der Waals surface area contributed by atoms with Crippen LogP contribution in [0.2, 0.25) is 0 Å². The molecule has 0 radical (unpaired) electrons. The summed E-state index contributed by atoms with van der Waals surface area (Å²) in [6.45, 7) is 1.48. The summed E-state index contributed by atoms with van der Waals surface area (Å²) >= 11 is 0. The molecule has 0 saturated carbocycles. The van der Waals surface area contributed by atoms with E-state index in [-0.39, 0.29) is 6.54 Å². The van der Waals surface area contributed by atoms with Gasteiger partial charge in [0.15, 0.2) is 11.5 Å². The van der Waals surface area contributed by atoms with Gasteiger partial charge in [-0.25, -0.2) is 9.37 Å². The number of aliphatic hydroxyl groups is 1. The Bertz CT molecular complexity index is 970. The summed E-state index contributed by atoms with van der Waals surface area (Å²) in [5, 5.41) is 14.7. The van der Waals surface area contributed by atoms with Crippen molar-refractivity contribution in [3.8, 4) is 0 Å². The number of halogens is 1. The Labute approximate surface area is 147 Å². The first-order valence-corrected chi connectivity index (χ1v) is 7.82. The van der Waals surface area contributed by atoms with Crippen LogP contribution in [0.5, 0.6) is 0 Å². The molecule has 1 atom stereocenters. The minimum atomic E-state index is -1.13. The van der Waals surface area contributed by atoms with Crippen LogP contribution in [0.25, 0.3) is 11.1 Å². The van der Waals surface area contributed by atoms with Crippen molar-refractivity contribution in [2.45, 2.75) is 13.0 Å². The van der Waals surface area contributed by atoms with E-state index >= 15 is 0 Å². The number of oxazole rings is 1. The van der Waals surface area contributed by atoms with Crippen molar-refractivity contribution >= 4 is 28.6 Å². The molecule has 0 aliphatic heterocycles. The summed E-state index contributed by atoms with van der Waals surface area (Å²) in [7, 11) is 0. The van der Waals surface area contributed by atoms with E-state index in [0.29, 0.717) is 28.2 Å². The van der Waals surface area contributed by atoms with Gasteiger partial charge in [-0.3, -0.25) is 9.59 Å². The Morgan fingerprint density at radius 2 is 2.04 bits per heavy atom. The largest absolute Gasteiger partial charge is 0.441 e. The monoisotopic (exact) mass is 357 g/mol. The lowest BCUT2D eigenvalue weighted by atomic mass is 10.1. The van der Waals surface area contributed by atoms with Crippen molar-refractivity contribution in [2.75, 3.05) is 11.9 Å². The standard InChI is InChI=1S/C18H16FN3O4/c1-10-21-14-6-5-13(8-16(14)26-10)22-18(25)17(24)20-9-15(23)11-3-2-4-12(19)7-11/h2-8,15,23H,9H2,1H3,(H,20,24)(H,22,25). The first kappa shape index (κ1) is 17.6. The lowest BCUT2D eigenvalue weighted by Crippen LogP contribution is -2.37. The first-order valence-electron chi connectivity index (χ1n) is 7.82. The van der Waals surface area contributed by atoms with Gasteiger partial charge < -0.3 is 20.2 Å². The van der Waals surface area contributed by atoms with Crippen LogP contribution >= 0.6 is 0 Å². The summed E-state index contributed by atoms with van der Waals surface area (Å²) in [6, 6.07) is 10.2. The summed E-state index contributed by atoms with van der Waals surface area (Å²) < 4.78 is 18.5. The highest BCUT2D eigenvalue weighted by Gasteiger charge is 2.17. The van der Waals surface area contributed by atoms with Gasteiger partial charge in [-0.05, 0) is 29.8 Å². The molecule has 0 fully saturated rings. The van der Waals surface area contributed by atoms with Crippen LogP contribution in [0.1, 0.15) is 17.6 Å². The number of rotatable bonds is 4. The van der Waals surface area contributed by atoms with E-state index in [1.807, 2.05) is 0 Å². The fourth-order valence-electron chi connectivity index (χ4n) is 2.41. The molecule has 0 aliphatic rings. The lowest BCUT2D eigenvalue weighted by Gasteiger charge is -2.12. The quantitative estimate of drug-likeness (QED) is 0.620. The first-order chi connectivity index (χ1) is 12.4. The molecule has 1 heterocycles. The Balaban J connectivity index is 1.57. The maximum atomic E-state index is 13.1. The molecule has 0 aliphatic carbocycles. The number of hydrogen-bond donors (Lipinski definition) is 3. The third-order valence-electron chi connectivity index (χ3n) is 3.65. The number of aryl methyl sites for hydroxylation is 1. The van der Waals surface area contributed by atoms with Crippen LogP contribution in [0.15, 0.2) is 46.9 Å². The van der Waals surface area contributed by atoms with Crippen LogP contribution in [0.3, 0.4) is 0 Å². The SMILES string of the molecule is Cc1nc2ccc(NC(=O)C(=O)NCC(O)c3cccc(F)c3)cc2o1. The Kier molecular flexibility index (Phi) is 4.94. The summed E-state index contributed by atoms with van der Waals surface area (Å²) in [5.74, 6) is -1.82. The molecule has 1 aromatic heterocycles. The normalized spacial score (nSPS) is 12.0. The molecule has 2 amide bonds. The molecule has 134 valence electrons. The highest BCUT2D eigenvalue weighted by atomic mass is 19.1. The Hall–Kier alpha value is -3.26. The number of nitrogens with zero attached hydrogens (tertiary/aromatic N) is 1. The molecule has 1 unspecified atom stereocenters. The number of aliphatic hydroxyl groups excluding tert-OH is 1. The molecular formula is C18H16FN3O4. The summed E-state index contributed by atoms with van der Waals surface area (Å²) in [4.78, 5) is 28.0. The lowest BCUT2D eigenvalue weighted by molar-refractivity contribution is -0.136. The Morgan fingerprint density at radius 1 is 1.23 bits per heavy atom. The van der Waals surface area contributed by atoms with Gasteiger partial charge in [-0.15, -0.1) is 0 Å². The fourth-order valence-corrected chi connectivity index (χ4v) is 2.41. The predicted octanol–water partition coefficient (Wildman–Crippen LogP) is 2.06. The van der Waals surface area contributed by atoms with Gasteiger partial charge in [0.25, 0.3) is 0 Å². The maximum Gasteiger partial charge on any atom is 0.313 e. The molecule has 0 spiro atoms. The smallest absolute Gasteiger partial charge is 0.313 e. The molecule has 7 nitrogen and oxygen atoms in total. The number of anilines is 1. The molecule has 3 aromatic rings. The summed E-state index contributed by atoms with van der Waals surface area (Å²) in [5.41, 5.74) is 1.81. The van der Waals surface area contributed by atoms with Crippen molar-refractivity contribution in [2.24, 2.45) is 0 Å². The minimum absolute atomic E-state index is 0.226. The third-order valence-corrected chi connectivity index (χ3v) is 3.65. The van der Waals surface area contributed by atoms with E-state index < -0.39 is 23.7 Å². The van der Waals surface area contributed by atoms with Crippen LogP contribution in [0.4, 0.5) is 10.1 Å². The topological polar surface area (TPSA) is 104 Å². The number of hydrogen-bond acceptors (Lipinski definition) is 5. The number of amides is 2. The molecule has 3 N–H and O–H groups in total. The zero-order valence-electron chi connectivity index (χ0n) is 13.8. The number of fused-ring (bicyclic) bond motifs is 1. The van der Waals surface area contributed by atoms with E-state index in [4.69, 9.17) is 4.42 Å². The average molecular weight is 357 g/mol.